The predicted octanol–water partition coefficient (Wildman–Crippen LogP) is 3.48. The van der Waals surface area contributed by atoms with E-state index in [-0.39, 0.29) is 5.56 Å². The van der Waals surface area contributed by atoms with Crippen LogP contribution < -0.4 is 0 Å². The summed E-state index contributed by atoms with van der Waals surface area (Å²) in [6.07, 6.45) is 1.79. The van der Waals surface area contributed by atoms with Gasteiger partial charge in [0.1, 0.15) is 11.2 Å². The molecule has 4 rings (SSSR count). The molecule has 0 spiro atoms. The van der Waals surface area contributed by atoms with Gasteiger partial charge in [0.2, 0.25) is 0 Å². The highest BCUT2D eigenvalue weighted by Crippen LogP contribution is 2.24. The maximum Gasteiger partial charge on any atom is 0.337 e. The highest BCUT2D eigenvalue weighted by molar-refractivity contribution is 6.01. The van der Waals surface area contributed by atoms with Crippen molar-refractivity contribution in [2.24, 2.45) is 0 Å². The largest absolute Gasteiger partial charge is 0.478 e. The number of benzene rings is 2. The number of para-hydroxylation sites is 1. The minimum absolute atomic E-state index is 0.181. The van der Waals surface area contributed by atoms with Crippen LogP contribution in [0.3, 0.4) is 0 Å². The Kier molecular flexibility index (Phi) is 2.66. The molecule has 0 atom stereocenters. The first-order valence-corrected chi connectivity index (χ1v) is 6.79. The number of imidazole rings is 1. The molecule has 2 N–H and O–H groups in total. The van der Waals surface area contributed by atoms with E-state index in [1.165, 1.54) is 0 Å². The minimum atomic E-state index is -0.991. The van der Waals surface area contributed by atoms with Crippen molar-refractivity contribution in [3.63, 3.8) is 0 Å². The molecule has 0 aliphatic carbocycles. The van der Waals surface area contributed by atoms with Crippen molar-refractivity contribution in [2.45, 2.75) is 0 Å². The molecule has 0 aliphatic rings. The lowest BCUT2D eigenvalue weighted by molar-refractivity contribution is 0.0699. The number of hydrogen-bond donors (Lipinski definition) is 2. The number of pyridine rings is 1. The van der Waals surface area contributed by atoms with Crippen LogP contribution in [-0.4, -0.2) is 26.0 Å². The van der Waals surface area contributed by atoms with Gasteiger partial charge in [0.25, 0.3) is 0 Å². The SMILES string of the molecule is O=C(O)c1cccc2[nH]c(-c3cc4ccccc4cn3)nc12. The van der Waals surface area contributed by atoms with Crippen LogP contribution in [0.5, 0.6) is 0 Å². The fourth-order valence-corrected chi connectivity index (χ4v) is 2.54. The summed E-state index contributed by atoms with van der Waals surface area (Å²) in [4.78, 5) is 23.2. The first-order chi connectivity index (χ1) is 10.7. The Morgan fingerprint density at radius 3 is 2.68 bits per heavy atom. The van der Waals surface area contributed by atoms with Gasteiger partial charge in [-0.2, -0.15) is 0 Å². The molecule has 0 unspecified atom stereocenters. The number of nitrogens with zero attached hydrogens (tertiary/aromatic N) is 2. The highest BCUT2D eigenvalue weighted by Gasteiger charge is 2.14. The fourth-order valence-electron chi connectivity index (χ4n) is 2.54. The zero-order valence-corrected chi connectivity index (χ0v) is 11.4. The molecule has 2 aromatic carbocycles. The number of aromatic amines is 1. The molecule has 0 saturated carbocycles. The Morgan fingerprint density at radius 2 is 1.86 bits per heavy atom. The third-order valence-electron chi connectivity index (χ3n) is 3.62. The maximum atomic E-state index is 11.3. The van der Waals surface area contributed by atoms with E-state index in [0.29, 0.717) is 22.6 Å². The van der Waals surface area contributed by atoms with Crippen LogP contribution in [0.1, 0.15) is 10.4 Å². The number of nitrogens with one attached hydrogen (secondary N) is 1. The van der Waals surface area contributed by atoms with Crippen molar-refractivity contribution >= 4 is 27.8 Å². The van der Waals surface area contributed by atoms with Crippen molar-refractivity contribution < 1.29 is 9.90 Å². The smallest absolute Gasteiger partial charge is 0.337 e. The van der Waals surface area contributed by atoms with Gasteiger partial charge in [-0.1, -0.05) is 30.3 Å². The first kappa shape index (κ1) is 12.5. The molecule has 4 aromatic rings. The molecular weight excluding hydrogens is 278 g/mol. The summed E-state index contributed by atoms with van der Waals surface area (Å²) >= 11 is 0. The highest BCUT2D eigenvalue weighted by atomic mass is 16.4. The molecule has 2 heterocycles. The molecule has 0 aliphatic heterocycles. The van der Waals surface area contributed by atoms with Crippen LogP contribution in [0.25, 0.3) is 33.3 Å². The van der Waals surface area contributed by atoms with E-state index in [1.807, 2.05) is 30.3 Å². The lowest BCUT2D eigenvalue weighted by atomic mass is 10.1. The monoisotopic (exact) mass is 289 g/mol. The average Bonchev–Trinajstić information content (AvgIpc) is 2.98. The third kappa shape index (κ3) is 1.91. The number of carboxylic acids is 1. The Balaban J connectivity index is 1.92. The summed E-state index contributed by atoms with van der Waals surface area (Å²) in [6.45, 7) is 0. The van der Waals surface area contributed by atoms with Gasteiger partial charge in [0.05, 0.1) is 11.1 Å². The topological polar surface area (TPSA) is 78.9 Å². The summed E-state index contributed by atoms with van der Waals surface area (Å²) in [7, 11) is 0. The molecule has 0 fully saturated rings. The van der Waals surface area contributed by atoms with Crippen LogP contribution >= 0.6 is 0 Å². The molecule has 22 heavy (non-hydrogen) atoms. The number of aromatic carboxylic acids is 1. The maximum absolute atomic E-state index is 11.3. The van der Waals surface area contributed by atoms with Crippen molar-refractivity contribution in [3.05, 3.63) is 60.3 Å². The standard InChI is InChI=1S/C17H11N3O2/c21-17(22)12-6-3-7-13-15(12)20-16(19-13)14-8-10-4-1-2-5-11(10)9-18-14/h1-9H,(H,19,20)(H,21,22). The second kappa shape index (κ2) is 4.66. The molecular formula is C17H11N3O2. The van der Waals surface area contributed by atoms with E-state index in [2.05, 4.69) is 15.0 Å². The van der Waals surface area contributed by atoms with Crippen molar-refractivity contribution in [1.82, 2.24) is 15.0 Å². The van der Waals surface area contributed by atoms with E-state index in [4.69, 9.17) is 0 Å². The van der Waals surface area contributed by atoms with E-state index in [1.54, 1.807) is 24.4 Å². The van der Waals surface area contributed by atoms with Gasteiger partial charge in [-0.25, -0.2) is 9.78 Å². The van der Waals surface area contributed by atoms with Gasteiger partial charge in [0.15, 0.2) is 5.82 Å². The number of fused-ring (bicyclic) bond motifs is 2. The number of aromatic nitrogens is 3. The Hall–Kier alpha value is -3.21. The van der Waals surface area contributed by atoms with Gasteiger partial charge >= 0.3 is 5.97 Å². The normalized spacial score (nSPS) is 11.1. The predicted molar refractivity (Wildman–Crippen MR) is 83.8 cm³/mol. The molecule has 2 aromatic heterocycles. The van der Waals surface area contributed by atoms with Crippen molar-refractivity contribution in [3.8, 4) is 11.5 Å². The molecule has 5 nitrogen and oxygen atoms in total. The molecule has 0 amide bonds. The van der Waals surface area contributed by atoms with Gasteiger partial charge in [0, 0.05) is 11.6 Å². The fraction of sp³-hybridized carbons (Fsp3) is 0. The van der Waals surface area contributed by atoms with Crippen LogP contribution in [0.4, 0.5) is 0 Å². The van der Waals surface area contributed by atoms with Crippen molar-refractivity contribution in [2.75, 3.05) is 0 Å². The van der Waals surface area contributed by atoms with E-state index in [9.17, 15) is 9.90 Å². The van der Waals surface area contributed by atoms with Crippen LogP contribution in [0, 0.1) is 0 Å². The average molecular weight is 289 g/mol. The molecule has 0 bridgehead atoms. The number of hydrogen-bond acceptors (Lipinski definition) is 3. The van der Waals surface area contributed by atoms with Crippen LogP contribution in [0.2, 0.25) is 0 Å². The number of rotatable bonds is 2. The molecule has 106 valence electrons. The molecule has 5 heteroatoms. The second-order valence-electron chi connectivity index (χ2n) is 5.01. The summed E-state index contributed by atoms with van der Waals surface area (Å²) in [5, 5.41) is 11.3. The molecule has 0 radical (unpaired) electrons. The van der Waals surface area contributed by atoms with Gasteiger partial charge in [-0.05, 0) is 23.6 Å². The zero-order valence-electron chi connectivity index (χ0n) is 11.4. The van der Waals surface area contributed by atoms with E-state index in [0.717, 1.165) is 10.8 Å². The van der Waals surface area contributed by atoms with Gasteiger partial charge < -0.3 is 10.1 Å². The quantitative estimate of drug-likeness (QED) is 0.592. The third-order valence-corrected chi connectivity index (χ3v) is 3.62. The Labute approximate surface area is 125 Å². The van der Waals surface area contributed by atoms with E-state index >= 15 is 0 Å². The second-order valence-corrected chi connectivity index (χ2v) is 5.01. The van der Waals surface area contributed by atoms with Gasteiger partial charge in [-0.15, -0.1) is 0 Å². The number of carboxylic acid groups (broad SMARTS) is 1. The zero-order chi connectivity index (χ0) is 15.1. The molecule has 0 saturated heterocycles. The minimum Gasteiger partial charge on any atom is -0.478 e. The van der Waals surface area contributed by atoms with Crippen LogP contribution in [0.15, 0.2) is 54.7 Å². The lowest BCUT2D eigenvalue weighted by Crippen LogP contribution is -1.96. The number of carbonyl (C=O) groups is 1. The summed E-state index contributed by atoms with van der Waals surface area (Å²) in [6, 6.07) is 14.9. The van der Waals surface area contributed by atoms with Crippen molar-refractivity contribution in [1.29, 1.82) is 0 Å². The van der Waals surface area contributed by atoms with Crippen LogP contribution in [-0.2, 0) is 0 Å². The van der Waals surface area contributed by atoms with Gasteiger partial charge in [-0.3, -0.25) is 4.98 Å². The first-order valence-electron chi connectivity index (χ1n) is 6.79. The number of H-pyrrole nitrogens is 1. The lowest BCUT2D eigenvalue weighted by Gasteiger charge is -1.99. The van der Waals surface area contributed by atoms with E-state index < -0.39 is 5.97 Å². The Morgan fingerprint density at radius 1 is 1.05 bits per heavy atom. The Bertz CT molecular complexity index is 1020. The summed E-state index contributed by atoms with van der Waals surface area (Å²) in [5.74, 6) is -0.426. The summed E-state index contributed by atoms with van der Waals surface area (Å²) in [5.41, 5.74) is 2.00. The summed E-state index contributed by atoms with van der Waals surface area (Å²) < 4.78 is 0.